The molecule has 1 aliphatic rings. The van der Waals surface area contributed by atoms with Crippen molar-refractivity contribution in [1.82, 2.24) is 9.97 Å². The Kier molecular flexibility index (Phi) is 3.30. The number of nitrogens with two attached hydrogens (primary N) is 1. The fourth-order valence-corrected chi connectivity index (χ4v) is 2.40. The van der Waals surface area contributed by atoms with E-state index in [0.717, 1.165) is 25.7 Å². The standard InChI is InChI=1S/C10H15BrN4O/c11-7-8(12)13-6-14-9(7)15-10(5-16)3-1-2-4-10/h6,16H,1-5H2,(H3,12,13,14,15). The summed E-state index contributed by atoms with van der Waals surface area (Å²) in [6.07, 6.45) is 5.60. The lowest BCUT2D eigenvalue weighted by Gasteiger charge is -2.29. The van der Waals surface area contributed by atoms with Gasteiger partial charge < -0.3 is 16.2 Å². The summed E-state index contributed by atoms with van der Waals surface area (Å²) in [5, 5.41) is 12.8. The molecule has 2 rings (SSSR count). The summed E-state index contributed by atoms with van der Waals surface area (Å²) in [4.78, 5) is 8.02. The van der Waals surface area contributed by atoms with Crippen molar-refractivity contribution in [2.75, 3.05) is 17.7 Å². The lowest BCUT2D eigenvalue weighted by molar-refractivity contribution is 0.213. The number of anilines is 2. The number of nitrogen functional groups attached to an aromatic ring is 1. The number of nitrogens with zero attached hydrogens (tertiary/aromatic N) is 2. The van der Waals surface area contributed by atoms with Gasteiger partial charge in [-0.25, -0.2) is 9.97 Å². The summed E-state index contributed by atoms with van der Waals surface area (Å²) in [6.45, 7) is 0.114. The largest absolute Gasteiger partial charge is 0.394 e. The second kappa shape index (κ2) is 4.55. The number of hydrogen-bond donors (Lipinski definition) is 3. The topological polar surface area (TPSA) is 84.1 Å². The van der Waals surface area contributed by atoms with Crippen LogP contribution in [0.1, 0.15) is 25.7 Å². The molecule has 6 heteroatoms. The number of hydrogen-bond acceptors (Lipinski definition) is 5. The molecule has 0 bridgehead atoms. The van der Waals surface area contributed by atoms with Gasteiger partial charge in [0, 0.05) is 0 Å². The Morgan fingerprint density at radius 1 is 1.44 bits per heavy atom. The average Bonchev–Trinajstić information content (AvgIpc) is 2.74. The molecule has 1 heterocycles. The van der Waals surface area contributed by atoms with E-state index in [1.165, 1.54) is 6.33 Å². The Labute approximate surface area is 103 Å². The summed E-state index contributed by atoms with van der Waals surface area (Å²) >= 11 is 3.35. The summed E-state index contributed by atoms with van der Waals surface area (Å²) < 4.78 is 0.662. The van der Waals surface area contributed by atoms with Crippen LogP contribution in [0.3, 0.4) is 0 Å². The molecule has 0 radical (unpaired) electrons. The van der Waals surface area contributed by atoms with Gasteiger partial charge in [0.1, 0.15) is 22.4 Å². The fraction of sp³-hybridized carbons (Fsp3) is 0.600. The molecule has 0 aromatic carbocycles. The van der Waals surface area contributed by atoms with Gasteiger partial charge in [-0.2, -0.15) is 0 Å². The highest BCUT2D eigenvalue weighted by Gasteiger charge is 2.33. The Bertz CT molecular complexity index is 379. The zero-order valence-electron chi connectivity index (χ0n) is 8.91. The first-order chi connectivity index (χ1) is 7.67. The van der Waals surface area contributed by atoms with Gasteiger partial charge in [0.05, 0.1) is 12.1 Å². The number of halogens is 1. The SMILES string of the molecule is Nc1ncnc(NC2(CO)CCCC2)c1Br. The number of aromatic nitrogens is 2. The van der Waals surface area contributed by atoms with E-state index >= 15 is 0 Å². The van der Waals surface area contributed by atoms with Gasteiger partial charge in [0.15, 0.2) is 0 Å². The van der Waals surface area contributed by atoms with E-state index < -0.39 is 0 Å². The van der Waals surface area contributed by atoms with Crippen LogP contribution in [-0.4, -0.2) is 27.2 Å². The second-order valence-electron chi connectivity index (χ2n) is 4.19. The van der Waals surface area contributed by atoms with Crippen LogP contribution in [0.4, 0.5) is 11.6 Å². The van der Waals surface area contributed by atoms with Crippen LogP contribution in [0.15, 0.2) is 10.8 Å². The maximum Gasteiger partial charge on any atom is 0.146 e. The van der Waals surface area contributed by atoms with Crippen molar-refractivity contribution >= 4 is 27.6 Å². The second-order valence-corrected chi connectivity index (χ2v) is 4.99. The van der Waals surface area contributed by atoms with Crippen molar-refractivity contribution in [2.24, 2.45) is 0 Å². The lowest BCUT2D eigenvalue weighted by atomic mass is 9.99. The van der Waals surface area contributed by atoms with Gasteiger partial charge in [-0.3, -0.25) is 0 Å². The Morgan fingerprint density at radius 2 is 2.12 bits per heavy atom. The van der Waals surface area contributed by atoms with Gasteiger partial charge in [0.2, 0.25) is 0 Å². The molecule has 0 amide bonds. The summed E-state index contributed by atoms with van der Waals surface area (Å²) in [5.74, 6) is 1.06. The van der Waals surface area contributed by atoms with E-state index in [1.807, 2.05) is 0 Å². The Morgan fingerprint density at radius 3 is 2.75 bits per heavy atom. The third kappa shape index (κ3) is 2.12. The molecule has 1 aliphatic carbocycles. The first kappa shape index (κ1) is 11.6. The molecule has 5 nitrogen and oxygen atoms in total. The quantitative estimate of drug-likeness (QED) is 0.785. The lowest BCUT2D eigenvalue weighted by Crippen LogP contribution is -2.39. The normalized spacial score (nSPS) is 18.6. The number of aliphatic hydroxyl groups excluding tert-OH is 1. The number of rotatable bonds is 3. The molecule has 1 fully saturated rings. The third-order valence-electron chi connectivity index (χ3n) is 3.06. The molecule has 4 N–H and O–H groups in total. The maximum absolute atomic E-state index is 9.49. The van der Waals surface area contributed by atoms with Crippen molar-refractivity contribution in [1.29, 1.82) is 0 Å². The maximum atomic E-state index is 9.49. The first-order valence-corrected chi connectivity index (χ1v) is 6.11. The minimum absolute atomic E-state index is 0.114. The van der Waals surface area contributed by atoms with Crippen LogP contribution >= 0.6 is 15.9 Å². The highest BCUT2D eigenvalue weighted by atomic mass is 79.9. The summed E-state index contributed by atoms with van der Waals surface area (Å²) in [5.41, 5.74) is 5.43. The molecule has 1 aromatic heterocycles. The zero-order chi connectivity index (χ0) is 11.6. The van der Waals surface area contributed by atoms with Crippen molar-refractivity contribution in [3.8, 4) is 0 Å². The monoisotopic (exact) mass is 286 g/mol. The van der Waals surface area contributed by atoms with Gasteiger partial charge in [-0.05, 0) is 28.8 Å². The van der Waals surface area contributed by atoms with Crippen LogP contribution in [0.2, 0.25) is 0 Å². The Hall–Kier alpha value is -0.880. The number of nitrogens with one attached hydrogen (secondary N) is 1. The van der Waals surface area contributed by atoms with Gasteiger partial charge in [0.25, 0.3) is 0 Å². The van der Waals surface area contributed by atoms with Crippen molar-refractivity contribution < 1.29 is 5.11 Å². The van der Waals surface area contributed by atoms with E-state index in [-0.39, 0.29) is 12.1 Å². The van der Waals surface area contributed by atoms with Crippen LogP contribution in [-0.2, 0) is 0 Å². The average molecular weight is 287 g/mol. The highest BCUT2D eigenvalue weighted by molar-refractivity contribution is 9.10. The molecule has 0 spiro atoms. The molecule has 0 saturated heterocycles. The third-order valence-corrected chi connectivity index (χ3v) is 3.85. The predicted molar refractivity (Wildman–Crippen MR) is 66.1 cm³/mol. The van der Waals surface area contributed by atoms with Crippen LogP contribution < -0.4 is 11.1 Å². The van der Waals surface area contributed by atoms with Crippen LogP contribution in [0.5, 0.6) is 0 Å². The van der Waals surface area contributed by atoms with Gasteiger partial charge in [-0.1, -0.05) is 12.8 Å². The minimum atomic E-state index is -0.247. The molecule has 0 unspecified atom stereocenters. The van der Waals surface area contributed by atoms with E-state index in [0.29, 0.717) is 16.1 Å². The molecule has 16 heavy (non-hydrogen) atoms. The first-order valence-electron chi connectivity index (χ1n) is 5.32. The molecule has 0 aliphatic heterocycles. The van der Waals surface area contributed by atoms with Crippen molar-refractivity contribution in [3.05, 3.63) is 10.8 Å². The fourth-order valence-electron chi connectivity index (χ4n) is 2.10. The molecular formula is C10H15BrN4O. The molecule has 0 atom stereocenters. The minimum Gasteiger partial charge on any atom is -0.394 e. The van der Waals surface area contributed by atoms with E-state index in [4.69, 9.17) is 5.73 Å². The van der Waals surface area contributed by atoms with Crippen molar-refractivity contribution in [3.63, 3.8) is 0 Å². The smallest absolute Gasteiger partial charge is 0.146 e. The molecular weight excluding hydrogens is 272 g/mol. The molecule has 1 aromatic rings. The predicted octanol–water partition coefficient (Wildman–Crippen LogP) is 1.54. The highest BCUT2D eigenvalue weighted by Crippen LogP contribution is 2.35. The zero-order valence-corrected chi connectivity index (χ0v) is 10.5. The van der Waals surface area contributed by atoms with Gasteiger partial charge in [-0.15, -0.1) is 0 Å². The van der Waals surface area contributed by atoms with E-state index in [1.54, 1.807) is 0 Å². The molecule has 88 valence electrons. The summed E-state index contributed by atoms with van der Waals surface area (Å²) in [6, 6.07) is 0. The number of aliphatic hydroxyl groups is 1. The van der Waals surface area contributed by atoms with E-state index in [2.05, 4.69) is 31.2 Å². The van der Waals surface area contributed by atoms with Gasteiger partial charge >= 0.3 is 0 Å². The van der Waals surface area contributed by atoms with Crippen LogP contribution in [0, 0.1) is 0 Å². The molecule has 1 saturated carbocycles. The summed E-state index contributed by atoms with van der Waals surface area (Å²) in [7, 11) is 0. The van der Waals surface area contributed by atoms with Crippen molar-refractivity contribution in [2.45, 2.75) is 31.2 Å². The Balaban J connectivity index is 2.22. The van der Waals surface area contributed by atoms with Crippen LogP contribution in [0.25, 0.3) is 0 Å². The van der Waals surface area contributed by atoms with E-state index in [9.17, 15) is 5.11 Å².